The van der Waals surface area contributed by atoms with Gasteiger partial charge in [-0.3, -0.25) is 4.79 Å². The van der Waals surface area contributed by atoms with E-state index in [9.17, 15) is 13.2 Å². The maximum absolute atomic E-state index is 10.7. The van der Waals surface area contributed by atoms with Crippen LogP contribution in [0.4, 0.5) is 0 Å². The smallest absolute Gasteiger partial charge is 0.181 e. The molecule has 0 unspecified atom stereocenters. The van der Waals surface area contributed by atoms with Crippen LogP contribution in [0.5, 0.6) is 0 Å². The minimum atomic E-state index is -3.16. The van der Waals surface area contributed by atoms with Gasteiger partial charge >= 0.3 is 0 Å². The molecular weight excluding hydrogens is 140 g/mol. The van der Waals surface area contributed by atoms with Crippen LogP contribution >= 0.6 is 0 Å². The Labute approximate surface area is 53.3 Å². The molecule has 9 heavy (non-hydrogen) atoms. The molecule has 0 amide bonds. The molecule has 0 aromatic heterocycles. The molecule has 1 aliphatic rings. The molecule has 0 aromatic carbocycles. The van der Waals surface area contributed by atoms with Crippen molar-refractivity contribution in [3.63, 3.8) is 0 Å². The highest BCUT2D eigenvalue weighted by atomic mass is 32.2. The number of ketones is 1. The molecule has 0 fully saturated rings. The molecule has 0 aromatic rings. The van der Waals surface area contributed by atoms with Crippen LogP contribution in [0.25, 0.3) is 0 Å². The van der Waals surface area contributed by atoms with Crippen molar-refractivity contribution in [1.29, 1.82) is 0 Å². The third-order valence-electron chi connectivity index (χ3n) is 1.19. The lowest BCUT2D eigenvalue weighted by Crippen LogP contribution is -2.04. The van der Waals surface area contributed by atoms with Crippen molar-refractivity contribution in [2.45, 2.75) is 6.92 Å². The number of rotatable bonds is 0. The Kier molecular flexibility index (Phi) is 1.20. The van der Waals surface area contributed by atoms with Crippen molar-refractivity contribution in [3.8, 4) is 0 Å². The van der Waals surface area contributed by atoms with Crippen LogP contribution in [0.15, 0.2) is 11.0 Å². The molecule has 0 saturated carbocycles. The Bertz CT molecular complexity index is 271. The minimum Gasteiger partial charge on any atom is -0.294 e. The van der Waals surface area contributed by atoms with Crippen molar-refractivity contribution in [2.75, 3.05) is 5.75 Å². The van der Waals surface area contributed by atoms with Gasteiger partial charge in [0.1, 0.15) is 5.75 Å². The lowest BCUT2D eigenvalue weighted by molar-refractivity contribution is -0.112. The van der Waals surface area contributed by atoms with Gasteiger partial charge in [-0.1, -0.05) is 0 Å². The molecule has 1 heterocycles. The summed E-state index contributed by atoms with van der Waals surface area (Å²) in [6.45, 7) is 1.43. The van der Waals surface area contributed by atoms with Gasteiger partial charge < -0.3 is 0 Å². The molecule has 0 spiro atoms. The number of sulfone groups is 1. The summed E-state index contributed by atoms with van der Waals surface area (Å²) in [5, 5.41) is 0. The van der Waals surface area contributed by atoms with Crippen molar-refractivity contribution < 1.29 is 13.2 Å². The number of carbonyl (C=O) groups is 1. The molecule has 0 bridgehead atoms. The first-order valence-electron chi connectivity index (χ1n) is 2.46. The quantitative estimate of drug-likeness (QED) is 0.479. The number of hydrogen-bond donors (Lipinski definition) is 0. The van der Waals surface area contributed by atoms with Crippen LogP contribution in [-0.2, 0) is 14.6 Å². The Morgan fingerprint density at radius 3 is 2.22 bits per heavy atom. The van der Waals surface area contributed by atoms with E-state index in [1.807, 2.05) is 0 Å². The van der Waals surface area contributed by atoms with Crippen molar-refractivity contribution in [1.82, 2.24) is 0 Å². The summed E-state index contributed by atoms with van der Waals surface area (Å²) in [6, 6.07) is 0. The first-order valence-corrected chi connectivity index (χ1v) is 4.11. The van der Waals surface area contributed by atoms with Gasteiger partial charge in [0, 0.05) is 4.91 Å². The lowest BCUT2D eigenvalue weighted by atomic mass is 10.4. The zero-order valence-electron chi connectivity index (χ0n) is 4.92. The Balaban J connectivity index is 3.19. The van der Waals surface area contributed by atoms with Crippen LogP contribution < -0.4 is 0 Å². The third-order valence-corrected chi connectivity index (χ3v) is 2.95. The van der Waals surface area contributed by atoms with E-state index >= 15 is 0 Å². The highest BCUT2D eigenvalue weighted by Crippen LogP contribution is 2.13. The highest BCUT2D eigenvalue weighted by Gasteiger charge is 2.24. The SMILES string of the molecule is CC1=CC(=O)CS1(=O)=O. The largest absolute Gasteiger partial charge is 0.294 e. The molecule has 0 saturated heterocycles. The Morgan fingerprint density at radius 1 is 1.56 bits per heavy atom. The van der Waals surface area contributed by atoms with Gasteiger partial charge in [0.05, 0.1) is 0 Å². The van der Waals surface area contributed by atoms with E-state index in [0.717, 1.165) is 6.08 Å². The van der Waals surface area contributed by atoms with Gasteiger partial charge in [0.25, 0.3) is 0 Å². The second-order valence-electron chi connectivity index (χ2n) is 1.98. The fourth-order valence-corrected chi connectivity index (χ4v) is 1.66. The summed E-state index contributed by atoms with van der Waals surface area (Å²) < 4.78 is 21.4. The summed E-state index contributed by atoms with van der Waals surface area (Å²) in [5.74, 6) is -0.647. The summed E-state index contributed by atoms with van der Waals surface area (Å²) in [6.07, 6.45) is 1.16. The Hall–Kier alpha value is -0.640. The van der Waals surface area contributed by atoms with E-state index in [1.54, 1.807) is 0 Å². The van der Waals surface area contributed by atoms with Gasteiger partial charge in [-0.15, -0.1) is 0 Å². The Morgan fingerprint density at radius 2 is 2.11 bits per heavy atom. The van der Waals surface area contributed by atoms with E-state index in [4.69, 9.17) is 0 Å². The standard InChI is InChI=1S/C5H6O3S/c1-4-2-5(6)3-9(4,7)8/h2H,3H2,1H3. The van der Waals surface area contributed by atoms with E-state index in [-0.39, 0.29) is 16.4 Å². The first-order chi connectivity index (χ1) is 4.02. The average molecular weight is 146 g/mol. The predicted octanol–water partition coefficient (Wildman–Crippen LogP) is -0.112. The van der Waals surface area contributed by atoms with E-state index in [0.29, 0.717) is 0 Å². The molecule has 3 nitrogen and oxygen atoms in total. The van der Waals surface area contributed by atoms with Crippen molar-refractivity contribution >= 4 is 15.6 Å². The van der Waals surface area contributed by atoms with Crippen LogP contribution in [0.3, 0.4) is 0 Å². The van der Waals surface area contributed by atoms with Crippen LogP contribution in [0, 0.1) is 0 Å². The second-order valence-corrected chi connectivity index (χ2v) is 4.14. The lowest BCUT2D eigenvalue weighted by Gasteiger charge is -1.87. The number of hydrogen-bond acceptors (Lipinski definition) is 3. The maximum Gasteiger partial charge on any atom is 0.181 e. The molecule has 1 aliphatic heterocycles. The third kappa shape index (κ3) is 1.03. The second kappa shape index (κ2) is 1.67. The topological polar surface area (TPSA) is 51.2 Å². The van der Waals surface area contributed by atoms with Gasteiger partial charge in [-0.2, -0.15) is 0 Å². The summed E-state index contributed by atoms with van der Waals surface area (Å²) in [5.41, 5.74) is 0. The predicted molar refractivity (Wildman–Crippen MR) is 32.6 cm³/mol. The van der Waals surface area contributed by atoms with Crippen molar-refractivity contribution in [3.05, 3.63) is 11.0 Å². The zero-order valence-corrected chi connectivity index (χ0v) is 5.73. The number of carbonyl (C=O) groups excluding carboxylic acids is 1. The molecule has 0 N–H and O–H groups in total. The molecular formula is C5H6O3S. The van der Waals surface area contributed by atoms with Crippen LogP contribution in [0.1, 0.15) is 6.92 Å². The van der Waals surface area contributed by atoms with Gasteiger partial charge in [-0.25, -0.2) is 8.42 Å². The monoisotopic (exact) mass is 146 g/mol. The van der Waals surface area contributed by atoms with Gasteiger partial charge in [0.2, 0.25) is 0 Å². The van der Waals surface area contributed by atoms with Crippen LogP contribution in [-0.4, -0.2) is 20.0 Å². The van der Waals surface area contributed by atoms with E-state index in [1.165, 1.54) is 6.92 Å². The van der Waals surface area contributed by atoms with Gasteiger partial charge in [-0.05, 0) is 13.0 Å². The van der Waals surface area contributed by atoms with Crippen molar-refractivity contribution in [2.24, 2.45) is 0 Å². The normalized spacial score (nSPS) is 24.1. The average Bonchev–Trinajstić information content (AvgIpc) is 1.79. The van der Waals surface area contributed by atoms with Gasteiger partial charge in [0.15, 0.2) is 15.6 Å². The zero-order chi connectivity index (χ0) is 7.07. The van der Waals surface area contributed by atoms with E-state index < -0.39 is 9.84 Å². The minimum absolute atomic E-state index is 0.188. The molecule has 1 rings (SSSR count). The highest BCUT2D eigenvalue weighted by molar-refractivity contribution is 7.96. The van der Waals surface area contributed by atoms with E-state index in [2.05, 4.69) is 0 Å². The first kappa shape index (κ1) is 6.48. The summed E-state index contributed by atoms with van der Waals surface area (Å²) >= 11 is 0. The molecule has 0 radical (unpaired) electrons. The molecule has 0 aliphatic carbocycles. The fraction of sp³-hybridized carbons (Fsp3) is 0.400. The van der Waals surface area contributed by atoms with Crippen LogP contribution in [0.2, 0.25) is 0 Å². The molecule has 4 heteroatoms. The summed E-state index contributed by atoms with van der Waals surface area (Å²) in [4.78, 5) is 10.6. The molecule has 0 atom stereocenters. The maximum atomic E-state index is 10.7. The fourth-order valence-electron chi connectivity index (χ4n) is 0.659. The number of allylic oxidation sites excluding steroid dienone is 2. The summed E-state index contributed by atoms with van der Waals surface area (Å²) in [7, 11) is -3.16. The molecule has 50 valence electrons.